The van der Waals surface area contributed by atoms with Crippen molar-refractivity contribution in [3.8, 4) is 0 Å². The Hall–Kier alpha value is -1.18. The van der Waals surface area contributed by atoms with Crippen LogP contribution in [0.5, 0.6) is 0 Å². The first kappa shape index (κ1) is 14.8. The average Bonchev–Trinajstić information content (AvgIpc) is 2.27. The maximum Gasteiger partial charge on any atom is 0.253 e. The van der Waals surface area contributed by atoms with Crippen LogP contribution in [0.15, 0.2) is 5.11 Å². The molecule has 1 amide bonds. The molecule has 0 aliphatic carbocycles. The van der Waals surface area contributed by atoms with E-state index in [0.717, 1.165) is 0 Å². The van der Waals surface area contributed by atoms with Crippen LogP contribution in [0.3, 0.4) is 0 Å². The normalized spacial score (nSPS) is 18.1. The Bertz CT molecular complexity index is 291. The van der Waals surface area contributed by atoms with Gasteiger partial charge in [-0.2, -0.15) is 0 Å². The lowest BCUT2D eigenvalue weighted by atomic mass is 9.87. The zero-order valence-corrected chi connectivity index (χ0v) is 8.81. The Kier molecular flexibility index (Phi) is 5.94. The van der Waals surface area contributed by atoms with Gasteiger partial charge in [-0.15, -0.1) is 0 Å². The number of carbonyl (C=O) groups is 1. The van der Waals surface area contributed by atoms with Crippen molar-refractivity contribution < 1.29 is 25.2 Å². The van der Waals surface area contributed by atoms with Gasteiger partial charge in [0.2, 0.25) is 0 Å². The molecular formula is C8H15N3O5. The van der Waals surface area contributed by atoms with E-state index >= 15 is 0 Å². The molecule has 0 spiro atoms. The molecule has 8 heteroatoms. The minimum absolute atomic E-state index is 0.191. The second-order valence-corrected chi connectivity index (χ2v) is 3.36. The third-order valence-corrected chi connectivity index (χ3v) is 2.18. The zero-order chi connectivity index (χ0) is 12.8. The Morgan fingerprint density at radius 1 is 1.56 bits per heavy atom. The van der Waals surface area contributed by atoms with Crippen LogP contribution in [0.2, 0.25) is 0 Å². The third-order valence-electron chi connectivity index (χ3n) is 2.18. The molecule has 0 aromatic rings. The maximum absolute atomic E-state index is 11.3. The highest BCUT2D eigenvalue weighted by atomic mass is 16.4. The number of aliphatic hydroxyl groups is 4. The van der Waals surface area contributed by atoms with Gasteiger partial charge in [-0.1, -0.05) is 13.3 Å². The van der Waals surface area contributed by atoms with E-state index in [9.17, 15) is 15.0 Å². The van der Waals surface area contributed by atoms with E-state index in [1.165, 1.54) is 0 Å². The molecule has 92 valence electrons. The first-order valence-electron chi connectivity index (χ1n) is 4.72. The van der Waals surface area contributed by atoms with E-state index in [0.29, 0.717) is 6.42 Å². The largest absolute Gasteiger partial charge is 0.394 e. The first-order chi connectivity index (χ1) is 7.43. The van der Waals surface area contributed by atoms with Gasteiger partial charge in [-0.25, -0.2) is 0 Å². The lowest BCUT2D eigenvalue weighted by Crippen LogP contribution is -2.54. The molecule has 0 rings (SSSR count). The fourth-order valence-electron chi connectivity index (χ4n) is 1.31. The van der Waals surface area contributed by atoms with Crippen molar-refractivity contribution in [3.05, 3.63) is 10.4 Å². The van der Waals surface area contributed by atoms with Crippen LogP contribution < -0.4 is 0 Å². The van der Waals surface area contributed by atoms with E-state index in [1.807, 2.05) is 0 Å². The quantitative estimate of drug-likeness (QED) is 0.266. The molecule has 0 saturated carbocycles. The molecule has 4 N–H and O–H groups in total. The van der Waals surface area contributed by atoms with E-state index < -0.39 is 30.3 Å². The van der Waals surface area contributed by atoms with Crippen molar-refractivity contribution in [1.82, 2.24) is 0 Å². The monoisotopic (exact) mass is 233 g/mol. The summed E-state index contributed by atoms with van der Waals surface area (Å²) >= 11 is 0. The van der Waals surface area contributed by atoms with Crippen molar-refractivity contribution in [3.63, 3.8) is 0 Å². The van der Waals surface area contributed by atoms with Crippen molar-refractivity contribution in [2.75, 3.05) is 6.61 Å². The lowest BCUT2D eigenvalue weighted by Gasteiger charge is -2.32. The molecule has 0 bridgehead atoms. The van der Waals surface area contributed by atoms with Crippen LogP contribution in [-0.2, 0) is 4.79 Å². The van der Waals surface area contributed by atoms with Crippen LogP contribution in [0.1, 0.15) is 19.8 Å². The van der Waals surface area contributed by atoms with E-state index in [2.05, 4.69) is 10.0 Å². The molecule has 0 aliphatic heterocycles. The van der Waals surface area contributed by atoms with E-state index in [1.54, 1.807) is 6.92 Å². The third kappa shape index (κ3) is 3.16. The zero-order valence-electron chi connectivity index (χ0n) is 8.81. The second-order valence-electron chi connectivity index (χ2n) is 3.36. The van der Waals surface area contributed by atoms with Gasteiger partial charge in [0, 0.05) is 4.91 Å². The van der Waals surface area contributed by atoms with Crippen LogP contribution in [0, 0.1) is 0 Å². The molecule has 0 fully saturated rings. The Morgan fingerprint density at radius 2 is 2.12 bits per heavy atom. The van der Waals surface area contributed by atoms with Gasteiger partial charge in [0.1, 0.15) is 12.2 Å². The smallest absolute Gasteiger partial charge is 0.253 e. The molecule has 0 aliphatic rings. The highest BCUT2D eigenvalue weighted by Gasteiger charge is 2.44. The number of hydrogen-bond acceptors (Lipinski definition) is 5. The number of rotatable bonds is 6. The molecule has 16 heavy (non-hydrogen) atoms. The minimum Gasteiger partial charge on any atom is -0.394 e. The van der Waals surface area contributed by atoms with Crippen molar-refractivity contribution >= 4 is 5.91 Å². The molecular weight excluding hydrogens is 218 g/mol. The highest BCUT2D eigenvalue weighted by molar-refractivity contribution is 5.86. The summed E-state index contributed by atoms with van der Waals surface area (Å²) in [6.07, 6.45) is -3.47. The fraction of sp³-hybridized carbons (Fsp3) is 0.875. The summed E-state index contributed by atoms with van der Waals surface area (Å²) < 4.78 is 0. The van der Waals surface area contributed by atoms with Crippen molar-refractivity contribution in [2.24, 2.45) is 5.11 Å². The van der Waals surface area contributed by atoms with Crippen LogP contribution in [-0.4, -0.2) is 50.7 Å². The summed E-state index contributed by atoms with van der Waals surface area (Å²) in [6.45, 7) is 0.809. The number of azide groups is 1. The summed E-state index contributed by atoms with van der Waals surface area (Å²) in [6, 6.07) is 0. The SMILES string of the molecule is CCC[C@](O)(C(=O)N=[N+]=[N-])[C@H](O)[C@H](O)CO. The summed E-state index contributed by atoms with van der Waals surface area (Å²) in [7, 11) is 0. The van der Waals surface area contributed by atoms with Gasteiger partial charge in [0.25, 0.3) is 5.91 Å². The van der Waals surface area contributed by atoms with Crippen LogP contribution >= 0.6 is 0 Å². The van der Waals surface area contributed by atoms with Gasteiger partial charge < -0.3 is 20.4 Å². The molecule has 0 unspecified atom stereocenters. The van der Waals surface area contributed by atoms with Crippen molar-refractivity contribution in [2.45, 2.75) is 37.6 Å². The van der Waals surface area contributed by atoms with E-state index in [4.69, 9.17) is 15.7 Å². The summed E-state index contributed by atoms with van der Waals surface area (Å²) in [4.78, 5) is 13.5. The Balaban J connectivity index is 5.07. The van der Waals surface area contributed by atoms with Crippen LogP contribution in [0.25, 0.3) is 10.4 Å². The number of nitrogens with zero attached hydrogens (tertiary/aromatic N) is 3. The summed E-state index contributed by atoms with van der Waals surface area (Å²) in [5.74, 6) is -1.28. The Morgan fingerprint density at radius 3 is 2.50 bits per heavy atom. The number of amides is 1. The highest BCUT2D eigenvalue weighted by Crippen LogP contribution is 2.22. The van der Waals surface area contributed by atoms with Gasteiger partial charge in [-0.3, -0.25) is 4.79 Å². The molecule has 0 aromatic heterocycles. The van der Waals surface area contributed by atoms with Crippen molar-refractivity contribution in [1.29, 1.82) is 0 Å². The minimum atomic E-state index is -2.37. The van der Waals surface area contributed by atoms with Gasteiger partial charge in [0.15, 0.2) is 5.60 Å². The predicted molar refractivity (Wildman–Crippen MR) is 53.1 cm³/mol. The maximum atomic E-state index is 11.3. The molecule has 0 radical (unpaired) electrons. The second kappa shape index (κ2) is 6.41. The summed E-state index contributed by atoms with van der Waals surface area (Å²) in [5, 5.41) is 39.8. The number of aliphatic hydroxyl groups excluding tert-OH is 3. The summed E-state index contributed by atoms with van der Waals surface area (Å²) in [5.41, 5.74) is 5.71. The lowest BCUT2D eigenvalue weighted by molar-refractivity contribution is -0.165. The molecule has 0 heterocycles. The molecule has 0 aromatic carbocycles. The van der Waals surface area contributed by atoms with Gasteiger partial charge in [0.05, 0.1) is 6.61 Å². The fourth-order valence-corrected chi connectivity index (χ4v) is 1.31. The van der Waals surface area contributed by atoms with E-state index in [-0.39, 0.29) is 6.42 Å². The first-order valence-corrected chi connectivity index (χ1v) is 4.72. The topological polar surface area (TPSA) is 147 Å². The molecule has 0 saturated heterocycles. The number of hydrogen-bond donors (Lipinski definition) is 4. The van der Waals surface area contributed by atoms with Crippen LogP contribution in [0.4, 0.5) is 0 Å². The van der Waals surface area contributed by atoms with Gasteiger partial charge >= 0.3 is 0 Å². The standard InChI is InChI=1S/C8H15N3O5/c1-2-3-8(16,7(15)10-11-9)6(14)5(13)4-12/h5-6,12-14,16H,2-4H2,1H3/t5-,6-,8-/m1/s1. The molecule has 3 atom stereocenters. The number of carbonyl (C=O) groups excluding carboxylic acids is 1. The molecule has 8 nitrogen and oxygen atoms in total. The predicted octanol–water partition coefficient (Wildman–Crippen LogP) is -0.931. The van der Waals surface area contributed by atoms with Gasteiger partial charge in [-0.05, 0) is 17.1 Å². The Labute approximate surface area is 91.8 Å². The average molecular weight is 233 g/mol.